The molecule has 0 fully saturated rings. The van der Waals surface area contributed by atoms with Crippen LogP contribution >= 0.6 is 11.8 Å². The van der Waals surface area contributed by atoms with Crippen molar-refractivity contribution in [3.05, 3.63) is 58.9 Å². The summed E-state index contributed by atoms with van der Waals surface area (Å²) in [5, 5.41) is 0. The molecule has 0 unspecified atom stereocenters. The molecule has 0 radical (unpaired) electrons. The quantitative estimate of drug-likeness (QED) is 0.760. The molecule has 0 aliphatic carbocycles. The number of aryl methyl sites for hydroxylation is 2. The minimum absolute atomic E-state index is 0.356. The monoisotopic (exact) mass is 260 g/mol. The summed E-state index contributed by atoms with van der Waals surface area (Å²) in [4.78, 5) is 12.3. The van der Waals surface area contributed by atoms with Crippen molar-refractivity contribution in [2.24, 2.45) is 0 Å². The SMILES string of the molecule is Cc1ccc(C)c(Sc2c(F)cccc2C=O)c1. The van der Waals surface area contributed by atoms with Crippen molar-refractivity contribution >= 4 is 18.0 Å². The van der Waals surface area contributed by atoms with Crippen LogP contribution in [0.25, 0.3) is 0 Å². The van der Waals surface area contributed by atoms with Gasteiger partial charge in [-0.25, -0.2) is 4.39 Å². The fraction of sp³-hybridized carbons (Fsp3) is 0.133. The Morgan fingerprint density at radius 1 is 1.17 bits per heavy atom. The molecular formula is C15H13FOS. The molecule has 2 aromatic carbocycles. The van der Waals surface area contributed by atoms with Gasteiger partial charge in [0.05, 0.1) is 4.90 Å². The van der Waals surface area contributed by atoms with Crippen LogP contribution in [0, 0.1) is 19.7 Å². The van der Waals surface area contributed by atoms with Gasteiger partial charge in [0.15, 0.2) is 6.29 Å². The number of carbonyl (C=O) groups excluding carboxylic acids is 1. The summed E-state index contributed by atoms with van der Waals surface area (Å²) >= 11 is 1.30. The van der Waals surface area contributed by atoms with Crippen molar-refractivity contribution in [2.75, 3.05) is 0 Å². The smallest absolute Gasteiger partial charge is 0.151 e. The van der Waals surface area contributed by atoms with Crippen LogP contribution in [0.5, 0.6) is 0 Å². The Morgan fingerprint density at radius 2 is 1.94 bits per heavy atom. The lowest BCUT2D eigenvalue weighted by atomic mass is 10.2. The molecule has 0 amide bonds. The maximum atomic E-state index is 13.8. The van der Waals surface area contributed by atoms with E-state index >= 15 is 0 Å². The Balaban J connectivity index is 2.45. The van der Waals surface area contributed by atoms with Gasteiger partial charge in [-0.2, -0.15) is 0 Å². The van der Waals surface area contributed by atoms with Crippen LogP contribution in [0.4, 0.5) is 4.39 Å². The molecule has 0 aliphatic rings. The zero-order valence-corrected chi connectivity index (χ0v) is 11.1. The lowest BCUT2D eigenvalue weighted by Crippen LogP contribution is -1.91. The molecule has 1 nitrogen and oxygen atoms in total. The number of rotatable bonds is 3. The molecule has 0 saturated heterocycles. The van der Waals surface area contributed by atoms with Crippen molar-refractivity contribution in [1.29, 1.82) is 0 Å². The molecule has 3 heteroatoms. The van der Waals surface area contributed by atoms with Gasteiger partial charge in [0.1, 0.15) is 5.82 Å². The fourth-order valence-corrected chi connectivity index (χ4v) is 2.75. The molecule has 2 aromatic rings. The zero-order chi connectivity index (χ0) is 13.1. The predicted molar refractivity (Wildman–Crippen MR) is 71.8 cm³/mol. The number of aldehydes is 1. The molecule has 2 rings (SSSR count). The van der Waals surface area contributed by atoms with Gasteiger partial charge >= 0.3 is 0 Å². The van der Waals surface area contributed by atoms with E-state index in [-0.39, 0.29) is 5.82 Å². The number of hydrogen-bond donors (Lipinski definition) is 0. The largest absolute Gasteiger partial charge is 0.298 e. The van der Waals surface area contributed by atoms with E-state index in [4.69, 9.17) is 0 Å². The van der Waals surface area contributed by atoms with Crippen molar-refractivity contribution in [3.63, 3.8) is 0 Å². The van der Waals surface area contributed by atoms with Crippen molar-refractivity contribution in [3.8, 4) is 0 Å². The van der Waals surface area contributed by atoms with Gasteiger partial charge in [-0.15, -0.1) is 0 Å². The zero-order valence-electron chi connectivity index (χ0n) is 10.2. The Bertz CT molecular complexity index is 593. The van der Waals surface area contributed by atoms with Gasteiger partial charge in [-0.3, -0.25) is 4.79 Å². The van der Waals surface area contributed by atoms with Crippen LogP contribution in [-0.2, 0) is 0 Å². The average Bonchev–Trinajstić information content (AvgIpc) is 2.36. The van der Waals surface area contributed by atoms with Gasteiger partial charge in [-0.05, 0) is 37.1 Å². The van der Waals surface area contributed by atoms with E-state index < -0.39 is 0 Å². The van der Waals surface area contributed by atoms with E-state index in [9.17, 15) is 9.18 Å². The first-order valence-corrected chi connectivity index (χ1v) is 6.42. The number of halogens is 1. The molecule has 0 saturated carbocycles. The highest BCUT2D eigenvalue weighted by atomic mass is 32.2. The molecule has 0 atom stereocenters. The van der Waals surface area contributed by atoms with Crippen LogP contribution in [0.15, 0.2) is 46.2 Å². The summed E-state index contributed by atoms with van der Waals surface area (Å²) < 4.78 is 13.8. The third-order valence-corrected chi connectivity index (χ3v) is 3.97. The summed E-state index contributed by atoms with van der Waals surface area (Å²) in [7, 11) is 0. The Kier molecular flexibility index (Phi) is 3.82. The summed E-state index contributed by atoms with van der Waals surface area (Å²) in [6.07, 6.45) is 0.691. The van der Waals surface area contributed by atoms with Gasteiger partial charge in [-0.1, -0.05) is 36.0 Å². The highest BCUT2D eigenvalue weighted by Crippen LogP contribution is 2.34. The van der Waals surface area contributed by atoms with E-state index in [0.29, 0.717) is 16.7 Å². The van der Waals surface area contributed by atoms with Gasteiger partial charge in [0, 0.05) is 10.5 Å². The third-order valence-electron chi connectivity index (χ3n) is 2.68. The molecule has 0 heterocycles. The van der Waals surface area contributed by atoms with Crippen LogP contribution in [0.2, 0.25) is 0 Å². The van der Waals surface area contributed by atoms with Crippen molar-refractivity contribution in [2.45, 2.75) is 23.6 Å². The topological polar surface area (TPSA) is 17.1 Å². The second-order valence-corrected chi connectivity index (χ2v) is 5.20. The third kappa shape index (κ3) is 2.62. The number of hydrogen-bond acceptors (Lipinski definition) is 2. The van der Waals surface area contributed by atoms with Crippen LogP contribution < -0.4 is 0 Å². The minimum atomic E-state index is -0.356. The van der Waals surface area contributed by atoms with E-state index in [0.717, 1.165) is 16.0 Å². The summed E-state index contributed by atoms with van der Waals surface area (Å²) in [6, 6.07) is 10.6. The molecule has 92 valence electrons. The normalized spacial score (nSPS) is 10.4. The van der Waals surface area contributed by atoms with E-state index in [1.807, 2.05) is 32.0 Å². The van der Waals surface area contributed by atoms with E-state index in [1.165, 1.54) is 17.8 Å². The fourth-order valence-electron chi connectivity index (χ4n) is 1.65. The molecule has 0 bridgehead atoms. The number of carbonyl (C=O) groups is 1. The minimum Gasteiger partial charge on any atom is -0.298 e. The lowest BCUT2D eigenvalue weighted by Gasteiger charge is -2.09. The average molecular weight is 260 g/mol. The van der Waals surface area contributed by atoms with E-state index in [1.54, 1.807) is 12.1 Å². The van der Waals surface area contributed by atoms with Crippen molar-refractivity contribution < 1.29 is 9.18 Å². The second-order valence-electron chi connectivity index (χ2n) is 4.15. The van der Waals surface area contributed by atoms with Gasteiger partial charge < -0.3 is 0 Å². The summed E-state index contributed by atoms with van der Waals surface area (Å²) in [6.45, 7) is 3.97. The first kappa shape index (κ1) is 12.8. The van der Waals surface area contributed by atoms with Crippen LogP contribution in [0.1, 0.15) is 21.5 Å². The highest BCUT2D eigenvalue weighted by Gasteiger charge is 2.11. The first-order chi connectivity index (χ1) is 8.61. The Hall–Kier alpha value is -1.61. The molecule has 0 aromatic heterocycles. The van der Waals surface area contributed by atoms with Crippen LogP contribution in [-0.4, -0.2) is 6.29 Å². The molecule has 0 N–H and O–H groups in total. The molecule has 18 heavy (non-hydrogen) atoms. The maximum Gasteiger partial charge on any atom is 0.151 e. The lowest BCUT2D eigenvalue weighted by molar-refractivity contribution is 0.112. The molecular weight excluding hydrogens is 247 g/mol. The Labute approximate surface area is 110 Å². The second kappa shape index (κ2) is 5.36. The van der Waals surface area contributed by atoms with E-state index in [2.05, 4.69) is 0 Å². The first-order valence-electron chi connectivity index (χ1n) is 5.60. The highest BCUT2D eigenvalue weighted by molar-refractivity contribution is 7.99. The van der Waals surface area contributed by atoms with Crippen LogP contribution in [0.3, 0.4) is 0 Å². The predicted octanol–water partition coefficient (Wildman–Crippen LogP) is 4.41. The maximum absolute atomic E-state index is 13.8. The van der Waals surface area contributed by atoms with Crippen molar-refractivity contribution in [1.82, 2.24) is 0 Å². The molecule has 0 spiro atoms. The number of benzene rings is 2. The molecule has 0 aliphatic heterocycles. The van der Waals surface area contributed by atoms with Gasteiger partial charge in [0.25, 0.3) is 0 Å². The summed E-state index contributed by atoms with van der Waals surface area (Å²) in [5.74, 6) is -0.356. The van der Waals surface area contributed by atoms with Gasteiger partial charge in [0.2, 0.25) is 0 Å². The standard InChI is InChI=1S/C15H13FOS/c1-10-6-7-11(2)14(8-10)18-15-12(9-17)4-3-5-13(15)16/h3-9H,1-2H3. The Morgan fingerprint density at radius 3 is 2.67 bits per heavy atom. The summed E-state index contributed by atoms with van der Waals surface area (Å²) in [5.41, 5.74) is 2.58.